The third kappa shape index (κ3) is 1.24. The molecule has 2 rings (SSSR count). The summed E-state index contributed by atoms with van der Waals surface area (Å²) >= 11 is 0. The van der Waals surface area contributed by atoms with Crippen molar-refractivity contribution >= 4 is 12.2 Å². The summed E-state index contributed by atoms with van der Waals surface area (Å²) < 4.78 is 2.40. The highest BCUT2D eigenvalue weighted by Crippen LogP contribution is 2.25. The second kappa shape index (κ2) is 3.25. The molecule has 1 aliphatic heterocycles. The van der Waals surface area contributed by atoms with Gasteiger partial charge in [0.05, 0.1) is 0 Å². The lowest BCUT2D eigenvalue weighted by molar-refractivity contribution is 0.743. The van der Waals surface area contributed by atoms with Gasteiger partial charge in [-0.05, 0) is 37.5 Å². The number of rotatable bonds is 2. The molecule has 1 nitrogen and oxygen atoms in total. The minimum Gasteiger partial charge on any atom is -0.345 e. The fraction of sp³-hybridized carbons (Fsp3) is 0.333. The molecule has 2 heterocycles. The lowest BCUT2D eigenvalue weighted by Gasteiger charge is -2.01. The van der Waals surface area contributed by atoms with E-state index in [2.05, 4.69) is 36.3 Å². The van der Waals surface area contributed by atoms with E-state index in [9.17, 15) is 0 Å². The zero-order valence-electron chi connectivity index (χ0n) is 8.09. The van der Waals surface area contributed by atoms with Crippen molar-refractivity contribution in [2.75, 3.05) is 0 Å². The molecule has 13 heavy (non-hydrogen) atoms. The Morgan fingerprint density at radius 1 is 1.54 bits per heavy atom. The van der Waals surface area contributed by atoms with Crippen molar-refractivity contribution < 1.29 is 0 Å². The van der Waals surface area contributed by atoms with E-state index in [1.54, 1.807) is 0 Å². The Hall–Kier alpha value is -1.24. The summed E-state index contributed by atoms with van der Waals surface area (Å²) in [6, 6.07) is 2.26. The highest BCUT2D eigenvalue weighted by Gasteiger charge is 2.15. The van der Waals surface area contributed by atoms with Crippen molar-refractivity contribution in [1.82, 2.24) is 4.57 Å². The highest BCUT2D eigenvalue weighted by atomic mass is 15.0. The van der Waals surface area contributed by atoms with Gasteiger partial charge in [-0.1, -0.05) is 18.7 Å². The molecule has 68 valence electrons. The number of fused-ring (bicyclic) bond motifs is 1. The molecule has 0 N–H and O–H groups in total. The van der Waals surface area contributed by atoms with Crippen LogP contribution in [-0.2, 0) is 13.0 Å². The molecule has 0 bridgehead atoms. The monoisotopic (exact) mass is 173 g/mol. The molecular formula is C12H15N. The zero-order chi connectivity index (χ0) is 9.26. The van der Waals surface area contributed by atoms with Gasteiger partial charge in [-0.25, -0.2) is 0 Å². The first-order valence-corrected chi connectivity index (χ1v) is 4.84. The number of hydrogen-bond acceptors (Lipinski definition) is 0. The van der Waals surface area contributed by atoms with Gasteiger partial charge in [0.15, 0.2) is 0 Å². The number of aromatic nitrogens is 1. The lowest BCUT2D eigenvalue weighted by atomic mass is 10.2. The first-order chi connectivity index (χ1) is 6.36. The fourth-order valence-electron chi connectivity index (χ4n) is 2.04. The molecule has 0 saturated heterocycles. The number of nitrogens with zero attached hydrogens (tertiary/aromatic N) is 1. The van der Waals surface area contributed by atoms with Gasteiger partial charge in [0.1, 0.15) is 0 Å². The maximum atomic E-state index is 3.84. The summed E-state index contributed by atoms with van der Waals surface area (Å²) in [4.78, 5) is 0. The van der Waals surface area contributed by atoms with E-state index in [4.69, 9.17) is 0 Å². The standard InChI is InChI=1S/C12H15N/c1-3-6-12-10(4-2)9-11-7-5-8-13(11)12/h3-4,6,9H,2,5,7-8H2,1H3/b6-3-. The average molecular weight is 173 g/mol. The summed E-state index contributed by atoms with van der Waals surface area (Å²) in [7, 11) is 0. The van der Waals surface area contributed by atoms with Gasteiger partial charge in [-0.15, -0.1) is 0 Å². The molecule has 1 heteroatoms. The van der Waals surface area contributed by atoms with E-state index >= 15 is 0 Å². The van der Waals surface area contributed by atoms with Crippen LogP contribution in [0.3, 0.4) is 0 Å². The van der Waals surface area contributed by atoms with E-state index < -0.39 is 0 Å². The van der Waals surface area contributed by atoms with Crippen LogP contribution < -0.4 is 0 Å². The molecule has 0 saturated carbocycles. The van der Waals surface area contributed by atoms with Crippen LogP contribution in [0.15, 0.2) is 18.7 Å². The van der Waals surface area contributed by atoms with Gasteiger partial charge in [-0.3, -0.25) is 0 Å². The Morgan fingerprint density at radius 3 is 3.08 bits per heavy atom. The van der Waals surface area contributed by atoms with E-state index in [0.29, 0.717) is 0 Å². The quantitative estimate of drug-likeness (QED) is 0.647. The minimum absolute atomic E-state index is 1.17. The number of allylic oxidation sites excluding steroid dienone is 1. The molecule has 0 aromatic carbocycles. The van der Waals surface area contributed by atoms with E-state index in [1.165, 1.54) is 36.3 Å². The smallest absolute Gasteiger partial charge is 0.0478 e. The Kier molecular flexibility index (Phi) is 2.09. The SMILES string of the molecule is C=Cc1cc2n(c1/C=C\C)CCC2. The van der Waals surface area contributed by atoms with Crippen LogP contribution >= 0.6 is 0 Å². The largest absolute Gasteiger partial charge is 0.345 e. The second-order valence-corrected chi connectivity index (χ2v) is 3.44. The van der Waals surface area contributed by atoms with Crippen LogP contribution in [0.25, 0.3) is 12.2 Å². The predicted octanol–water partition coefficient (Wildman–Crippen LogP) is 3.11. The van der Waals surface area contributed by atoms with Crippen LogP contribution in [0.5, 0.6) is 0 Å². The zero-order valence-corrected chi connectivity index (χ0v) is 8.09. The molecular weight excluding hydrogens is 158 g/mol. The van der Waals surface area contributed by atoms with Crippen molar-refractivity contribution in [2.45, 2.75) is 26.3 Å². The number of hydrogen-bond donors (Lipinski definition) is 0. The van der Waals surface area contributed by atoms with Crippen molar-refractivity contribution in [2.24, 2.45) is 0 Å². The maximum absolute atomic E-state index is 3.84. The molecule has 0 atom stereocenters. The van der Waals surface area contributed by atoms with E-state index in [0.717, 1.165) is 0 Å². The molecule has 0 fully saturated rings. The highest BCUT2D eigenvalue weighted by molar-refractivity contribution is 5.63. The van der Waals surface area contributed by atoms with Crippen LogP contribution in [-0.4, -0.2) is 4.57 Å². The summed E-state index contributed by atoms with van der Waals surface area (Å²) in [5.74, 6) is 0. The van der Waals surface area contributed by atoms with Crippen LogP contribution in [0.4, 0.5) is 0 Å². The van der Waals surface area contributed by atoms with E-state index in [-0.39, 0.29) is 0 Å². The average Bonchev–Trinajstić information content (AvgIpc) is 2.67. The summed E-state index contributed by atoms with van der Waals surface area (Å²) in [6.45, 7) is 7.07. The van der Waals surface area contributed by atoms with Gasteiger partial charge >= 0.3 is 0 Å². The van der Waals surface area contributed by atoms with Crippen molar-refractivity contribution in [3.8, 4) is 0 Å². The third-order valence-electron chi connectivity index (χ3n) is 2.61. The Morgan fingerprint density at radius 2 is 2.38 bits per heavy atom. The molecule has 0 aliphatic carbocycles. The lowest BCUT2D eigenvalue weighted by Crippen LogP contribution is -1.94. The summed E-state index contributed by atoms with van der Waals surface area (Å²) in [6.07, 6.45) is 8.72. The first kappa shape index (κ1) is 8.36. The molecule has 1 aromatic rings. The molecule has 0 unspecified atom stereocenters. The topological polar surface area (TPSA) is 4.93 Å². The fourth-order valence-corrected chi connectivity index (χ4v) is 2.04. The van der Waals surface area contributed by atoms with Crippen LogP contribution in [0, 0.1) is 0 Å². The summed E-state index contributed by atoms with van der Waals surface area (Å²) in [5.41, 5.74) is 4.06. The molecule has 1 aromatic heterocycles. The maximum Gasteiger partial charge on any atom is 0.0478 e. The third-order valence-corrected chi connectivity index (χ3v) is 2.61. The molecule has 0 spiro atoms. The molecule has 0 radical (unpaired) electrons. The van der Waals surface area contributed by atoms with Gasteiger partial charge in [0.2, 0.25) is 0 Å². The normalized spacial score (nSPS) is 15.2. The Balaban J connectivity index is 2.55. The minimum atomic E-state index is 1.17. The number of aryl methyl sites for hydroxylation is 1. The Labute approximate surface area is 79.4 Å². The predicted molar refractivity (Wildman–Crippen MR) is 57.6 cm³/mol. The van der Waals surface area contributed by atoms with Gasteiger partial charge in [-0.2, -0.15) is 0 Å². The van der Waals surface area contributed by atoms with Gasteiger partial charge in [0, 0.05) is 17.9 Å². The molecule has 1 aliphatic rings. The van der Waals surface area contributed by atoms with Crippen molar-refractivity contribution in [3.63, 3.8) is 0 Å². The van der Waals surface area contributed by atoms with Gasteiger partial charge in [0.25, 0.3) is 0 Å². The van der Waals surface area contributed by atoms with Crippen molar-refractivity contribution in [3.05, 3.63) is 35.7 Å². The second-order valence-electron chi connectivity index (χ2n) is 3.44. The van der Waals surface area contributed by atoms with Crippen LogP contribution in [0.1, 0.15) is 30.3 Å². The van der Waals surface area contributed by atoms with Gasteiger partial charge < -0.3 is 4.57 Å². The molecule has 0 amide bonds. The van der Waals surface area contributed by atoms with Crippen LogP contribution in [0.2, 0.25) is 0 Å². The van der Waals surface area contributed by atoms with E-state index in [1.807, 2.05) is 6.08 Å². The summed E-state index contributed by atoms with van der Waals surface area (Å²) in [5, 5.41) is 0. The first-order valence-electron chi connectivity index (χ1n) is 4.84. The Bertz CT molecular complexity index is 355. The van der Waals surface area contributed by atoms with Crippen molar-refractivity contribution in [1.29, 1.82) is 0 Å².